The van der Waals surface area contributed by atoms with Gasteiger partial charge in [-0.1, -0.05) is 34.7 Å². The highest BCUT2D eigenvalue weighted by Gasteiger charge is 2.02. The van der Waals surface area contributed by atoms with E-state index in [2.05, 4.69) is 27.9 Å². The zero-order valence-corrected chi connectivity index (χ0v) is 9.75. The first-order chi connectivity index (χ1) is 6.72. The van der Waals surface area contributed by atoms with Crippen LogP contribution in [0.15, 0.2) is 24.3 Å². The number of rotatable bonds is 4. The lowest BCUT2D eigenvalue weighted by Gasteiger charge is -2.02. The Morgan fingerprint density at radius 2 is 2.29 bits per heavy atom. The van der Waals surface area contributed by atoms with Crippen molar-refractivity contribution in [3.8, 4) is 0 Å². The van der Waals surface area contributed by atoms with Gasteiger partial charge in [0.2, 0.25) is 5.91 Å². The van der Waals surface area contributed by atoms with Crippen molar-refractivity contribution < 1.29 is 9.18 Å². The summed E-state index contributed by atoms with van der Waals surface area (Å²) < 4.78 is 13.6. The van der Waals surface area contributed by atoms with Gasteiger partial charge >= 0.3 is 0 Å². The van der Waals surface area contributed by atoms with E-state index in [-0.39, 0.29) is 18.1 Å². The lowest BCUT2D eigenvalue weighted by Crippen LogP contribution is -2.26. The molecule has 0 aliphatic rings. The van der Waals surface area contributed by atoms with E-state index in [1.807, 2.05) is 0 Å². The summed E-state index contributed by atoms with van der Waals surface area (Å²) in [5.41, 5.74) is 0.705. The SMILES string of the molecule is O=C(Cc1cccc(F)c1)NCCI. The van der Waals surface area contributed by atoms with Crippen molar-refractivity contribution in [3.63, 3.8) is 0 Å². The summed E-state index contributed by atoms with van der Waals surface area (Å²) in [6, 6.07) is 6.10. The van der Waals surface area contributed by atoms with Gasteiger partial charge < -0.3 is 5.32 Å². The maximum atomic E-state index is 12.7. The van der Waals surface area contributed by atoms with Crippen LogP contribution in [0, 0.1) is 5.82 Å². The largest absolute Gasteiger partial charge is 0.355 e. The maximum absolute atomic E-state index is 12.7. The highest BCUT2D eigenvalue weighted by molar-refractivity contribution is 14.1. The van der Waals surface area contributed by atoms with Gasteiger partial charge in [0.05, 0.1) is 6.42 Å². The fraction of sp³-hybridized carbons (Fsp3) is 0.300. The molecule has 0 atom stereocenters. The van der Waals surface area contributed by atoms with Crippen molar-refractivity contribution in [1.29, 1.82) is 0 Å². The van der Waals surface area contributed by atoms with Gasteiger partial charge in [-0.05, 0) is 17.7 Å². The molecule has 2 nitrogen and oxygen atoms in total. The second kappa shape index (κ2) is 5.95. The second-order valence-electron chi connectivity index (χ2n) is 2.85. The van der Waals surface area contributed by atoms with E-state index >= 15 is 0 Å². The molecule has 1 aromatic carbocycles. The fourth-order valence-corrected chi connectivity index (χ4v) is 1.35. The minimum absolute atomic E-state index is 0.0627. The molecule has 0 fully saturated rings. The summed E-state index contributed by atoms with van der Waals surface area (Å²) >= 11 is 2.18. The molecule has 0 spiro atoms. The van der Waals surface area contributed by atoms with Crippen LogP contribution in [-0.2, 0) is 11.2 Å². The molecule has 1 amide bonds. The minimum atomic E-state index is -0.302. The van der Waals surface area contributed by atoms with E-state index in [9.17, 15) is 9.18 Å². The Hall–Kier alpha value is -0.650. The molecule has 14 heavy (non-hydrogen) atoms. The van der Waals surface area contributed by atoms with Crippen molar-refractivity contribution in [2.75, 3.05) is 11.0 Å². The summed E-state index contributed by atoms with van der Waals surface area (Å²) in [5.74, 6) is -0.364. The molecule has 0 unspecified atom stereocenters. The average molecular weight is 307 g/mol. The number of alkyl halides is 1. The molecule has 76 valence electrons. The monoisotopic (exact) mass is 307 g/mol. The number of benzene rings is 1. The Kier molecular flexibility index (Phi) is 4.86. The Morgan fingerprint density at radius 1 is 1.50 bits per heavy atom. The molecule has 1 rings (SSSR count). The number of carbonyl (C=O) groups excluding carboxylic acids is 1. The Balaban J connectivity index is 2.47. The molecule has 1 N–H and O–H groups in total. The zero-order chi connectivity index (χ0) is 10.4. The third-order valence-corrected chi connectivity index (χ3v) is 2.21. The molecular formula is C10H11FINO. The molecule has 0 aliphatic heterocycles. The summed E-state index contributed by atoms with van der Waals surface area (Å²) in [7, 11) is 0. The van der Waals surface area contributed by atoms with Crippen molar-refractivity contribution >= 4 is 28.5 Å². The minimum Gasteiger partial charge on any atom is -0.355 e. The van der Waals surface area contributed by atoms with Crippen LogP contribution in [0.5, 0.6) is 0 Å². The molecule has 0 saturated carbocycles. The molecule has 0 heterocycles. The highest BCUT2D eigenvalue weighted by atomic mass is 127. The van der Waals surface area contributed by atoms with Crippen LogP contribution in [0.2, 0.25) is 0 Å². The first-order valence-electron chi connectivity index (χ1n) is 4.29. The first-order valence-corrected chi connectivity index (χ1v) is 5.82. The highest BCUT2D eigenvalue weighted by Crippen LogP contribution is 2.03. The van der Waals surface area contributed by atoms with Crippen molar-refractivity contribution in [2.45, 2.75) is 6.42 Å². The molecule has 1 aromatic rings. The van der Waals surface area contributed by atoms with Crippen LogP contribution in [0.1, 0.15) is 5.56 Å². The van der Waals surface area contributed by atoms with Crippen molar-refractivity contribution in [2.24, 2.45) is 0 Å². The van der Waals surface area contributed by atoms with Crippen LogP contribution in [0.3, 0.4) is 0 Å². The standard InChI is InChI=1S/C10H11FINO/c11-9-3-1-2-8(6-9)7-10(14)13-5-4-12/h1-3,6H,4-5,7H2,(H,13,14). The molecule has 0 saturated heterocycles. The molecular weight excluding hydrogens is 296 g/mol. The lowest BCUT2D eigenvalue weighted by atomic mass is 10.1. The van der Waals surface area contributed by atoms with Gasteiger partial charge in [-0.2, -0.15) is 0 Å². The van der Waals surface area contributed by atoms with Gasteiger partial charge in [-0.3, -0.25) is 4.79 Å². The molecule has 0 aliphatic carbocycles. The van der Waals surface area contributed by atoms with Gasteiger partial charge in [0.25, 0.3) is 0 Å². The molecule has 0 aromatic heterocycles. The predicted octanol–water partition coefficient (Wildman–Crippen LogP) is 1.92. The van der Waals surface area contributed by atoms with Gasteiger partial charge in [-0.25, -0.2) is 4.39 Å². The number of hydrogen-bond acceptors (Lipinski definition) is 1. The van der Waals surface area contributed by atoms with Crippen molar-refractivity contribution in [1.82, 2.24) is 5.32 Å². The average Bonchev–Trinajstić information content (AvgIpc) is 2.15. The van der Waals surface area contributed by atoms with Gasteiger partial charge in [0, 0.05) is 11.0 Å². The predicted molar refractivity (Wildman–Crippen MR) is 62.0 cm³/mol. The van der Waals surface area contributed by atoms with E-state index in [0.717, 1.165) is 4.43 Å². The third-order valence-electron chi connectivity index (χ3n) is 1.67. The zero-order valence-electron chi connectivity index (χ0n) is 7.59. The van der Waals surface area contributed by atoms with Gasteiger partial charge in [-0.15, -0.1) is 0 Å². The summed E-state index contributed by atoms with van der Waals surface area (Å²) in [6.45, 7) is 0.661. The quantitative estimate of drug-likeness (QED) is 0.668. The second-order valence-corrected chi connectivity index (χ2v) is 3.92. The van der Waals surface area contributed by atoms with Crippen LogP contribution in [0.25, 0.3) is 0 Å². The number of carbonyl (C=O) groups is 1. The Bertz CT molecular complexity index is 317. The lowest BCUT2D eigenvalue weighted by molar-refractivity contribution is -0.120. The van der Waals surface area contributed by atoms with Crippen LogP contribution in [0.4, 0.5) is 4.39 Å². The number of hydrogen-bond donors (Lipinski definition) is 1. The third kappa shape index (κ3) is 4.04. The van der Waals surface area contributed by atoms with Crippen LogP contribution >= 0.6 is 22.6 Å². The van der Waals surface area contributed by atoms with E-state index in [1.165, 1.54) is 12.1 Å². The topological polar surface area (TPSA) is 29.1 Å². The Labute approximate surface area is 96.0 Å². The van der Waals surface area contributed by atoms with Gasteiger partial charge in [0.15, 0.2) is 0 Å². The number of halogens is 2. The maximum Gasteiger partial charge on any atom is 0.224 e. The van der Waals surface area contributed by atoms with E-state index in [0.29, 0.717) is 12.1 Å². The van der Waals surface area contributed by atoms with E-state index in [1.54, 1.807) is 12.1 Å². The smallest absolute Gasteiger partial charge is 0.224 e. The normalized spacial score (nSPS) is 9.86. The van der Waals surface area contributed by atoms with E-state index in [4.69, 9.17) is 0 Å². The van der Waals surface area contributed by atoms with Crippen LogP contribution < -0.4 is 5.32 Å². The summed E-state index contributed by atoms with van der Waals surface area (Å²) in [5, 5.41) is 2.73. The van der Waals surface area contributed by atoms with Crippen LogP contribution in [-0.4, -0.2) is 16.9 Å². The molecule has 4 heteroatoms. The summed E-state index contributed by atoms with van der Waals surface area (Å²) in [6.07, 6.45) is 0.244. The number of amides is 1. The van der Waals surface area contributed by atoms with Gasteiger partial charge in [0.1, 0.15) is 5.82 Å². The van der Waals surface area contributed by atoms with E-state index < -0.39 is 0 Å². The summed E-state index contributed by atoms with van der Waals surface area (Å²) in [4.78, 5) is 11.2. The van der Waals surface area contributed by atoms with Crippen molar-refractivity contribution in [3.05, 3.63) is 35.6 Å². The molecule has 0 radical (unpaired) electrons. The fourth-order valence-electron chi connectivity index (χ4n) is 1.08. The number of nitrogens with one attached hydrogen (secondary N) is 1. The molecule has 0 bridgehead atoms. The Morgan fingerprint density at radius 3 is 2.93 bits per heavy atom. The first kappa shape index (κ1) is 11.4.